The molecule has 0 saturated carbocycles. The van der Waals surface area contributed by atoms with E-state index in [0.29, 0.717) is 4.88 Å². The Bertz CT molecular complexity index is 490. The molecule has 2 rings (SSSR count). The van der Waals surface area contributed by atoms with Crippen molar-refractivity contribution in [3.63, 3.8) is 0 Å². The van der Waals surface area contributed by atoms with E-state index < -0.39 is 5.91 Å². The molecule has 3 nitrogen and oxygen atoms in total. The predicted molar refractivity (Wildman–Crippen MR) is 62.5 cm³/mol. The normalized spacial score (nSPS) is 9.73. The number of hydroxylamine groups is 1. The quantitative estimate of drug-likeness (QED) is 0.577. The number of rotatable bonds is 1. The summed E-state index contributed by atoms with van der Waals surface area (Å²) in [6.45, 7) is 2.00. The summed E-state index contributed by atoms with van der Waals surface area (Å²) in [7, 11) is 0. The lowest BCUT2D eigenvalue weighted by atomic mass is 10.2. The third-order valence-electron chi connectivity index (χ3n) is 2.00. The molecule has 0 aliphatic rings. The van der Waals surface area contributed by atoms with Crippen LogP contribution in [0.3, 0.4) is 0 Å². The molecule has 0 atom stereocenters. The zero-order chi connectivity index (χ0) is 10.1. The molecule has 1 heterocycles. The van der Waals surface area contributed by atoms with Crippen molar-refractivity contribution in [1.29, 1.82) is 0 Å². The highest BCUT2D eigenvalue weighted by Crippen LogP contribution is 2.26. The average Bonchev–Trinajstić information content (AvgIpc) is 2.59. The van der Waals surface area contributed by atoms with E-state index >= 15 is 0 Å². The Morgan fingerprint density at radius 2 is 2.13 bits per heavy atom. The van der Waals surface area contributed by atoms with Gasteiger partial charge in [-0.1, -0.05) is 19.6 Å². The number of carbonyl (C=O) groups excluding carboxylic acids is 1. The monoisotopic (exact) mass is 223 g/mol. The lowest BCUT2D eigenvalue weighted by Gasteiger charge is -1.90. The standard InChI is InChI=1S/C10H9NO2S.CH4/c1-6-2-3-7-5-9(10(12)11-13)14-8(7)4-6;/h2-5,13H,1H3,(H,11,12);1H4. The van der Waals surface area contributed by atoms with Crippen LogP contribution in [0.15, 0.2) is 24.3 Å². The number of fused-ring (bicyclic) bond motifs is 1. The number of nitrogens with one attached hydrogen (secondary N) is 1. The average molecular weight is 223 g/mol. The predicted octanol–water partition coefficient (Wildman–Crippen LogP) is 2.96. The Balaban J connectivity index is 0.00000112. The molecule has 15 heavy (non-hydrogen) atoms. The lowest BCUT2D eigenvalue weighted by molar-refractivity contribution is 0.0711. The van der Waals surface area contributed by atoms with E-state index in [1.54, 1.807) is 11.5 Å². The fraction of sp³-hybridized carbons (Fsp3) is 0.182. The Kier molecular flexibility index (Phi) is 3.44. The smallest absolute Gasteiger partial charge is 0.284 e. The summed E-state index contributed by atoms with van der Waals surface area (Å²) in [4.78, 5) is 11.6. The van der Waals surface area contributed by atoms with Crippen LogP contribution >= 0.6 is 11.3 Å². The minimum Gasteiger partial charge on any atom is -0.288 e. The number of thiophene rings is 1. The number of aryl methyl sites for hydroxylation is 1. The molecule has 0 unspecified atom stereocenters. The molecule has 0 saturated heterocycles. The number of hydrogen-bond donors (Lipinski definition) is 2. The van der Waals surface area contributed by atoms with Crippen LogP contribution in [-0.4, -0.2) is 11.1 Å². The second-order valence-electron chi connectivity index (χ2n) is 3.09. The van der Waals surface area contributed by atoms with Gasteiger partial charge in [0, 0.05) is 4.70 Å². The number of hydrogen-bond acceptors (Lipinski definition) is 3. The summed E-state index contributed by atoms with van der Waals surface area (Å²) in [5.74, 6) is -0.455. The molecule has 0 bridgehead atoms. The molecule has 1 amide bonds. The molecule has 2 N–H and O–H groups in total. The first-order valence-corrected chi connectivity index (χ1v) is 4.97. The molecule has 2 aromatic rings. The summed E-state index contributed by atoms with van der Waals surface area (Å²) in [5, 5.41) is 9.50. The van der Waals surface area contributed by atoms with Crippen molar-refractivity contribution in [3.05, 3.63) is 34.7 Å². The molecule has 0 spiro atoms. The van der Waals surface area contributed by atoms with E-state index in [-0.39, 0.29) is 7.43 Å². The third kappa shape index (κ3) is 2.16. The summed E-state index contributed by atoms with van der Waals surface area (Å²) in [5.41, 5.74) is 2.79. The summed E-state index contributed by atoms with van der Waals surface area (Å²) in [6, 6.07) is 7.75. The maximum Gasteiger partial charge on any atom is 0.284 e. The van der Waals surface area contributed by atoms with Crippen LogP contribution in [0.2, 0.25) is 0 Å². The molecular weight excluding hydrogens is 210 g/mol. The van der Waals surface area contributed by atoms with Crippen molar-refractivity contribution in [2.24, 2.45) is 0 Å². The van der Waals surface area contributed by atoms with Crippen molar-refractivity contribution >= 4 is 27.3 Å². The molecule has 1 aromatic carbocycles. The second-order valence-corrected chi connectivity index (χ2v) is 4.18. The van der Waals surface area contributed by atoms with Gasteiger partial charge < -0.3 is 0 Å². The fourth-order valence-electron chi connectivity index (χ4n) is 1.31. The van der Waals surface area contributed by atoms with E-state index in [1.165, 1.54) is 11.3 Å². The van der Waals surface area contributed by atoms with E-state index in [0.717, 1.165) is 15.6 Å². The molecule has 4 heteroatoms. The van der Waals surface area contributed by atoms with E-state index in [9.17, 15) is 4.79 Å². The highest BCUT2D eigenvalue weighted by molar-refractivity contribution is 7.20. The number of amides is 1. The molecule has 1 aromatic heterocycles. The first-order chi connectivity index (χ1) is 6.70. The topological polar surface area (TPSA) is 49.3 Å². The van der Waals surface area contributed by atoms with Gasteiger partial charge in [-0.2, -0.15) is 0 Å². The minimum absolute atomic E-state index is 0. The van der Waals surface area contributed by atoms with Gasteiger partial charge in [-0.15, -0.1) is 11.3 Å². The molecular formula is C11H13NO2S. The van der Waals surface area contributed by atoms with Crippen LogP contribution in [0.1, 0.15) is 22.7 Å². The number of carbonyl (C=O) groups is 1. The van der Waals surface area contributed by atoms with Crippen molar-refractivity contribution in [1.82, 2.24) is 5.48 Å². The highest BCUT2D eigenvalue weighted by Gasteiger charge is 2.08. The fourth-order valence-corrected chi connectivity index (χ4v) is 2.36. The van der Waals surface area contributed by atoms with Crippen LogP contribution < -0.4 is 5.48 Å². The van der Waals surface area contributed by atoms with Gasteiger partial charge in [-0.05, 0) is 30.0 Å². The summed E-state index contributed by atoms with van der Waals surface area (Å²) < 4.78 is 1.06. The lowest BCUT2D eigenvalue weighted by Crippen LogP contribution is -2.16. The Labute approximate surface area is 92.3 Å². The van der Waals surface area contributed by atoms with Gasteiger partial charge in [0.25, 0.3) is 5.91 Å². The SMILES string of the molecule is C.Cc1ccc2cc(C(=O)NO)sc2c1. The number of benzene rings is 1. The zero-order valence-corrected chi connectivity index (χ0v) is 8.39. The van der Waals surface area contributed by atoms with Gasteiger partial charge >= 0.3 is 0 Å². The largest absolute Gasteiger partial charge is 0.288 e. The van der Waals surface area contributed by atoms with Gasteiger partial charge in [-0.3, -0.25) is 10.0 Å². The van der Waals surface area contributed by atoms with Crippen LogP contribution in [0, 0.1) is 6.92 Å². The van der Waals surface area contributed by atoms with Crippen LogP contribution in [0.4, 0.5) is 0 Å². The van der Waals surface area contributed by atoms with Crippen molar-refractivity contribution < 1.29 is 10.0 Å². The first kappa shape index (κ1) is 11.7. The third-order valence-corrected chi connectivity index (χ3v) is 3.10. The van der Waals surface area contributed by atoms with Crippen LogP contribution in [0.5, 0.6) is 0 Å². The molecule has 0 radical (unpaired) electrons. The molecule has 80 valence electrons. The van der Waals surface area contributed by atoms with Crippen LogP contribution in [0.25, 0.3) is 10.1 Å². The van der Waals surface area contributed by atoms with Crippen molar-refractivity contribution in [2.75, 3.05) is 0 Å². The van der Waals surface area contributed by atoms with Crippen molar-refractivity contribution in [2.45, 2.75) is 14.4 Å². The Morgan fingerprint density at radius 3 is 2.80 bits per heavy atom. The summed E-state index contributed by atoms with van der Waals surface area (Å²) >= 11 is 1.37. The van der Waals surface area contributed by atoms with E-state index in [4.69, 9.17) is 5.21 Å². The van der Waals surface area contributed by atoms with E-state index in [2.05, 4.69) is 0 Å². The minimum atomic E-state index is -0.455. The zero-order valence-electron chi connectivity index (χ0n) is 7.57. The van der Waals surface area contributed by atoms with Crippen molar-refractivity contribution in [3.8, 4) is 0 Å². The molecule has 0 aliphatic carbocycles. The van der Waals surface area contributed by atoms with E-state index in [1.807, 2.05) is 25.1 Å². The second kappa shape index (κ2) is 4.42. The Hall–Kier alpha value is -1.39. The maximum atomic E-state index is 11.1. The van der Waals surface area contributed by atoms with Gasteiger partial charge in [0.2, 0.25) is 0 Å². The first-order valence-electron chi connectivity index (χ1n) is 4.15. The van der Waals surface area contributed by atoms with Crippen LogP contribution in [-0.2, 0) is 0 Å². The van der Waals surface area contributed by atoms with Gasteiger partial charge in [0.05, 0.1) is 4.88 Å². The molecule has 0 fully saturated rings. The summed E-state index contributed by atoms with van der Waals surface area (Å²) in [6.07, 6.45) is 0. The maximum absolute atomic E-state index is 11.1. The molecule has 0 aliphatic heterocycles. The van der Waals surface area contributed by atoms with Gasteiger partial charge in [0.1, 0.15) is 0 Å². The highest BCUT2D eigenvalue weighted by atomic mass is 32.1. The van der Waals surface area contributed by atoms with Gasteiger partial charge in [0.15, 0.2) is 0 Å². The Morgan fingerprint density at radius 1 is 1.40 bits per heavy atom. The van der Waals surface area contributed by atoms with Gasteiger partial charge in [-0.25, -0.2) is 5.48 Å².